The summed E-state index contributed by atoms with van der Waals surface area (Å²) in [6.45, 7) is 9.00. The van der Waals surface area contributed by atoms with Crippen LogP contribution < -0.4 is 0 Å². The molecule has 0 aromatic heterocycles. The molecule has 0 fully saturated rings. The van der Waals surface area contributed by atoms with E-state index in [1.54, 1.807) is 0 Å². The molecule has 6 N–H and O–H groups in total. The average molecular weight is 482 g/mol. The van der Waals surface area contributed by atoms with E-state index in [0.717, 1.165) is 0 Å². The Bertz CT molecular complexity index is 368. The number of rotatable bonds is 3. The zero-order valence-corrected chi connectivity index (χ0v) is 17.5. The van der Waals surface area contributed by atoms with Crippen LogP contribution in [0.4, 0.5) is 0 Å². The van der Waals surface area contributed by atoms with Crippen molar-refractivity contribution >= 4 is 17.3 Å². The molecule has 0 bridgehead atoms. The molecule has 0 aliphatic rings. The van der Waals surface area contributed by atoms with Crippen LogP contribution in [0.1, 0.15) is 41.5 Å². The SMILES string of the molecule is CC(=[OH+])/C=C(/C)O.CC(=[OH+])/C=C(/C)O.CC(=[OH+])/C=C(/C)O.[Hf]. The van der Waals surface area contributed by atoms with Crippen molar-refractivity contribution in [1.29, 1.82) is 0 Å². The van der Waals surface area contributed by atoms with E-state index in [-0.39, 0.29) is 60.5 Å². The van der Waals surface area contributed by atoms with E-state index in [0.29, 0.717) is 0 Å². The largest absolute Gasteiger partial charge is 0.512 e. The van der Waals surface area contributed by atoms with Crippen LogP contribution in [-0.2, 0) is 25.8 Å². The molecule has 0 radical (unpaired) electrons. The van der Waals surface area contributed by atoms with Crippen LogP contribution in [-0.4, -0.2) is 47.1 Å². The van der Waals surface area contributed by atoms with E-state index in [9.17, 15) is 0 Å². The van der Waals surface area contributed by atoms with Crippen molar-refractivity contribution in [2.45, 2.75) is 41.5 Å². The smallest absolute Gasteiger partial charge is 0.316 e. The van der Waals surface area contributed by atoms with Crippen LogP contribution in [0.2, 0.25) is 0 Å². The summed E-state index contributed by atoms with van der Waals surface area (Å²) >= 11 is 0. The first-order chi connectivity index (χ1) is 9.38. The van der Waals surface area contributed by atoms with Gasteiger partial charge in [0.15, 0.2) is 0 Å². The normalized spacial score (nSPS) is 10.9. The standard InChI is InChI=1S/3C5H8O2.Hf/c3*1-4(6)3-5(2)7;/h3*3,6H,1-2H3;/p+3/b3*4-3-;. The molecule has 0 spiro atoms. The van der Waals surface area contributed by atoms with Gasteiger partial charge in [0.1, 0.15) is 0 Å². The molecule has 0 rings (SSSR count). The van der Waals surface area contributed by atoms with Gasteiger partial charge < -0.3 is 15.3 Å². The molecule has 22 heavy (non-hydrogen) atoms. The van der Waals surface area contributed by atoms with E-state index in [1.165, 1.54) is 59.8 Å². The Kier molecular flexibility index (Phi) is 22.8. The van der Waals surface area contributed by atoms with Gasteiger partial charge in [-0.15, -0.1) is 0 Å². The summed E-state index contributed by atoms with van der Waals surface area (Å²) in [6.07, 6.45) is 3.83. The molecule has 0 saturated heterocycles. The van der Waals surface area contributed by atoms with Gasteiger partial charge >= 0.3 is 17.3 Å². The van der Waals surface area contributed by atoms with Crippen LogP contribution in [0, 0.1) is 0 Å². The van der Waals surface area contributed by atoms with E-state index in [1.807, 2.05) is 0 Å². The van der Waals surface area contributed by atoms with Gasteiger partial charge in [-0.25, -0.2) is 0 Å². The Hall–Kier alpha value is -1.50. The molecule has 0 unspecified atom stereocenters. The Morgan fingerprint density at radius 1 is 0.545 bits per heavy atom. The summed E-state index contributed by atoms with van der Waals surface area (Å²) < 4.78 is 0. The Morgan fingerprint density at radius 2 is 0.682 bits per heavy atom. The molecule has 7 heteroatoms. The zero-order valence-electron chi connectivity index (χ0n) is 13.9. The molecule has 0 aliphatic heterocycles. The maximum Gasteiger partial charge on any atom is 0.316 e. The second-order valence-electron chi connectivity index (χ2n) is 4.28. The second kappa shape index (κ2) is 17.6. The number of carbonyl (C=O) groups excluding carboxylic acids is 3. The monoisotopic (exact) mass is 483 g/mol. The third kappa shape index (κ3) is 51.4. The minimum Gasteiger partial charge on any atom is -0.512 e. The number of allylic oxidation sites excluding steroid dienone is 6. The van der Waals surface area contributed by atoms with E-state index in [4.69, 9.17) is 29.7 Å². The molecule has 0 aromatic rings. The first-order valence-corrected chi connectivity index (χ1v) is 6.07. The second-order valence-corrected chi connectivity index (χ2v) is 4.28. The van der Waals surface area contributed by atoms with E-state index in [2.05, 4.69) is 0 Å². The molecule has 124 valence electrons. The van der Waals surface area contributed by atoms with Crippen LogP contribution in [0.15, 0.2) is 35.5 Å². The van der Waals surface area contributed by atoms with Gasteiger partial charge in [0.05, 0.1) is 56.3 Å². The number of ketones is 3. The zero-order chi connectivity index (χ0) is 17.6. The van der Waals surface area contributed by atoms with Gasteiger partial charge in [0, 0.05) is 25.8 Å². The van der Waals surface area contributed by atoms with Crippen molar-refractivity contribution < 1.29 is 55.5 Å². The van der Waals surface area contributed by atoms with Crippen molar-refractivity contribution in [3.8, 4) is 0 Å². The van der Waals surface area contributed by atoms with Gasteiger partial charge in [-0.2, -0.15) is 0 Å². The molecule has 0 aliphatic carbocycles. The molecular formula is C15H27HfO6+3. The Morgan fingerprint density at radius 3 is 0.682 bits per heavy atom. The predicted octanol–water partition coefficient (Wildman–Crippen LogP) is 3.04. The third-order valence-electron chi connectivity index (χ3n) is 1.25. The number of hydrogen-bond donors (Lipinski definition) is 3. The minimum absolute atomic E-state index is 0. The summed E-state index contributed by atoms with van der Waals surface area (Å²) in [7, 11) is 0. The fraction of sp³-hybridized carbons (Fsp3) is 0.400. The van der Waals surface area contributed by atoms with Crippen LogP contribution in [0.5, 0.6) is 0 Å². The van der Waals surface area contributed by atoms with Crippen LogP contribution in [0.3, 0.4) is 0 Å². The molecule has 6 nitrogen and oxygen atoms in total. The molecule has 0 aromatic carbocycles. The molecule has 0 saturated carbocycles. The van der Waals surface area contributed by atoms with Crippen molar-refractivity contribution in [2.24, 2.45) is 0 Å². The van der Waals surface area contributed by atoms with Gasteiger partial charge in [0.2, 0.25) is 0 Å². The quantitative estimate of drug-likeness (QED) is 0.248. The minimum atomic E-state index is 0. The summed E-state index contributed by atoms with van der Waals surface area (Å²) in [4.78, 5) is 25.2. The van der Waals surface area contributed by atoms with Gasteiger partial charge in [-0.3, -0.25) is 14.4 Å². The van der Waals surface area contributed by atoms with Crippen molar-refractivity contribution in [2.75, 3.05) is 0 Å². The first-order valence-electron chi connectivity index (χ1n) is 6.07. The van der Waals surface area contributed by atoms with E-state index < -0.39 is 0 Å². The van der Waals surface area contributed by atoms with Crippen LogP contribution >= 0.6 is 0 Å². The number of aliphatic hydroxyl groups is 3. The maximum atomic E-state index is 8.40. The van der Waals surface area contributed by atoms with Crippen molar-refractivity contribution in [3.05, 3.63) is 35.5 Å². The fourth-order valence-corrected chi connectivity index (χ4v) is 0.907. The molecule has 0 atom stereocenters. The Labute approximate surface area is 150 Å². The molecular weight excluding hydrogens is 455 g/mol. The van der Waals surface area contributed by atoms with Gasteiger partial charge in [-0.1, -0.05) is 0 Å². The maximum absolute atomic E-state index is 8.40. The van der Waals surface area contributed by atoms with E-state index >= 15 is 0 Å². The van der Waals surface area contributed by atoms with Gasteiger partial charge in [-0.05, 0) is 20.8 Å². The topological polar surface area (TPSA) is 125 Å². The predicted molar refractivity (Wildman–Crippen MR) is 87.0 cm³/mol. The number of hydrogen-bond acceptors (Lipinski definition) is 3. The van der Waals surface area contributed by atoms with Gasteiger partial charge in [0.25, 0.3) is 0 Å². The summed E-state index contributed by atoms with van der Waals surface area (Å²) in [5.74, 6) is 0.750. The fourth-order valence-electron chi connectivity index (χ4n) is 0.907. The summed E-state index contributed by atoms with van der Waals surface area (Å²) in [5.41, 5.74) is 0. The Balaban J connectivity index is -0.000000108. The average Bonchev–Trinajstić information content (AvgIpc) is 2.10. The van der Waals surface area contributed by atoms with Crippen LogP contribution in [0.25, 0.3) is 0 Å². The molecule has 0 heterocycles. The molecule has 0 amide bonds. The first kappa shape index (κ1) is 28.6. The summed E-state index contributed by atoms with van der Waals surface area (Å²) in [5, 5.41) is 25.2. The van der Waals surface area contributed by atoms with Crippen molar-refractivity contribution in [1.82, 2.24) is 0 Å². The van der Waals surface area contributed by atoms with Crippen molar-refractivity contribution in [3.63, 3.8) is 0 Å². The third-order valence-corrected chi connectivity index (χ3v) is 1.25. The number of aliphatic hydroxyl groups excluding tert-OH is 3. The summed E-state index contributed by atoms with van der Waals surface area (Å²) in [6, 6.07) is 0.